The van der Waals surface area contributed by atoms with Crippen LogP contribution in [0, 0.1) is 0 Å². The van der Waals surface area contributed by atoms with Crippen molar-refractivity contribution in [1.82, 2.24) is 5.32 Å². The summed E-state index contributed by atoms with van der Waals surface area (Å²) in [5.41, 5.74) is 0. The fraction of sp³-hybridized carbons (Fsp3) is 0.889. The van der Waals surface area contributed by atoms with E-state index in [1.165, 1.54) is 0 Å². The number of hydrogen-bond acceptors (Lipinski definition) is 2. The van der Waals surface area contributed by atoms with E-state index in [1.807, 2.05) is 6.92 Å². The minimum atomic E-state index is -0.176. The minimum absolute atomic E-state index is 0.0663. The van der Waals surface area contributed by atoms with Crippen LogP contribution in [0.3, 0.4) is 0 Å². The van der Waals surface area contributed by atoms with E-state index >= 15 is 0 Å². The van der Waals surface area contributed by atoms with Crippen molar-refractivity contribution in [2.24, 2.45) is 0 Å². The predicted molar refractivity (Wildman–Crippen MR) is 46.9 cm³/mol. The molecule has 12 heavy (non-hydrogen) atoms. The molecule has 3 nitrogen and oxygen atoms in total. The molecule has 1 atom stereocenters. The third-order valence-electron chi connectivity index (χ3n) is 2.02. The maximum Gasteiger partial charge on any atom is 0.249 e. The molecule has 0 aromatic carbocycles. The van der Waals surface area contributed by atoms with Crippen molar-refractivity contribution in [3.05, 3.63) is 0 Å². The Hall–Kier alpha value is -0.570. The van der Waals surface area contributed by atoms with E-state index in [0.29, 0.717) is 0 Å². The average molecular weight is 171 g/mol. The van der Waals surface area contributed by atoms with Gasteiger partial charge in [-0.05, 0) is 25.7 Å². The van der Waals surface area contributed by atoms with Gasteiger partial charge in [-0.1, -0.05) is 6.92 Å². The molecule has 0 radical (unpaired) electrons. The number of carbonyl (C=O) groups is 1. The fourth-order valence-corrected chi connectivity index (χ4v) is 1.31. The Kier molecular flexibility index (Phi) is 4.08. The first-order valence-corrected chi connectivity index (χ1v) is 4.74. The van der Waals surface area contributed by atoms with E-state index in [0.717, 1.165) is 38.8 Å². The molecule has 0 aromatic heterocycles. The third-order valence-corrected chi connectivity index (χ3v) is 2.02. The van der Waals surface area contributed by atoms with Gasteiger partial charge in [0.25, 0.3) is 0 Å². The Labute approximate surface area is 73.5 Å². The van der Waals surface area contributed by atoms with Crippen LogP contribution in [-0.4, -0.2) is 25.2 Å². The number of carbonyl (C=O) groups excluding carboxylic acids is 1. The highest BCUT2D eigenvalue weighted by Crippen LogP contribution is 2.12. The van der Waals surface area contributed by atoms with Crippen molar-refractivity contribution in [2.45, 2.75) is 38.7 Å². The van der Waals surface area contributed by atoms with Crippen LogP contribution >= 0.6 is 0 Å². The molecule has 1 N–H and O–H groups in total. The smallest absolute Gasteiger partial charge is 0.249 e. The highest BCUT2D eigenvalue weighted by Gasteiger charge is 2.20. The van der Waals surface area contributed by atoms with Gasteiger partial charge in [0.05, 0.1) is 0 Å². The van der Waals surface area contributed by atoms with Crippen molar-refractivity contribution >= 4 is 5.91 Å². The molecule has 1 rings (SSSR count). The van der Waals surface area contributed by atoms with E-state index in [4.69, 9.17) is 4.74 Å². The van der Waals surface area contributed by atoms with Crippen LogP contribution in [0.4, 0.5) is 0 Å². The molecule has 1 amide bonds. The predicted octanol–water partition coefficient (Wildman–Crippen LogP) is 1.08. The molecule has 0 aliphatic carbocycles. The van der Waals surface area contributed by atoms with Gasteiger partial charge in [0.1, 0.15) is 6.10 Å². The number of hydrogen-bond donors (Lipinski definition) is 1. The molecule has 70 valence electrons. The second-order valence-electron chi connectivity index (χ2n) is 3.15. The summed E-state index contributed by atoms with van der Waals surface area (Å²) < 4.78 is 5.32. The largest absolute Gasteiger partial charge is 0.368 e. The average Bonchev–Trinajstić information content (AvgIpc) is 2.15. The van der Waals surface area contributed by atoms with Gasteiger partial charge < -0.3 is 10.1 Å². The summed E-state index contributed by atoms with van der Waals surface area (Å²) in [6.07, 6.45) is 3.90. The number of rotatable bonds is 3. The van der Waals surface area contributed by atoms with E-state index in [-0.39, 0.29) is 12.0 Å². The molecule has 1 fully saturated rings. The number of amides is 1. The lowest BCUT2D eigenvalue weighted by molar-refractivity contribution is -0.135. The van der Waals surface area contributed by atoms with Crippen LogP contribution in [0.5, 0.6) is 0 Å². The van der Waals surface area contributed by atoms with Crippen LogP contribution in [0.2, 0.25) is 0 Å². The summed E-state index contributed by atoms with van der Waals surface area (Å²) in [5, 5.41) is 2.84. The molecule has 0 spiro atoms. The standard InChI is InChI=1S/C9H17NO2/c1-2-6-10-9(11)8-5-3-4-7-12-8/h8H,2-7H2,1H3,(H,10,11)/t8-/m1/s1. The van der Waals surface area contributed by atoms with Crippen molar-refractivity contribution in [3.63, 3.8) is 0 Å². The first-order chi connectivity index (χ1) is 5.84. The first kappa shape index (κ1) is 9.52. The zero-order valence-corrected chi connectivity index (χ0v) is 7.64. The highest BCUT2D eigenvalue weighted by molar-refractivity contribution is 5.80. The molecule has 0 unspecified atom stereocenters. The Morgan fingerprint density at radius 3 is 3.00 bits per heavy atom. The van der Waals surface area contributed by atoms with Crippen LogP contribution < -0.4 is 5.32 Å². The monoisotopic (exact) mass is 171 g/mol. The van der Waals surface area contributed by atoms with Gasteiger partial charge in [0.2, 0.25) is 5.91 Å². The summed E-state index contributed by atoms with van der Waals surface area (Å²) in [7, 11) is 0. The van der Waals surface area contributed by atoms with Gasteiger partial charge >= 0.3 is 0 Å². The second kappa shape index (κ2) is 5.14. The molecule has 1 aliphatic rings. The zero-order valence-electron chi connectivity index (χ0n) is 7.64. The molecule has 0 bridgehead atoms. The van der Waals surface area contributed by atoms with Crippen molar-refractivity contribution in [3.8, 4) is 0 Å². The van der Waals surface area contributed by atoms with Gasteiger partial charge in [-0.3, -0.25) is 4.79 Å². The van der Waals surface area contributed by atoms with Gasteiger partial charge in [-0.15, -0.1) is 0 Å². The van der Waals surface area contributed by atoms with Crippen molar-refractivity contribution < 1.29 is 9.53 Å². The third kappa shape index (κ3) is 2.81. The molecular formula is C9H17NO2. The lowest BCUT2D eigenvalue weighted by Gasteiger charge is -2.21. The SMILES string of the molecule is CCCNC(=O)[C@H]1CCCCO1. The lowest BCUT2D eigenvalue weighted by atomic mass is 10.1. The first-order valence-electron chi connectivity index (χ1n) is 4.74. The number of ether oxygens (including phenoxy) is 1. The molecule has 0 saturated carbocycles. The summed E-state index contributed by atoms with van der Waals surface area (Å²) in [6.45, 7) is 3.55. The van der Waals surface area contributed by atoms with Crippen molar-refractivity contribution in [2.75, 3.05) is 13.2 Å². The van der Waals surface area contributed by atoms with Gasteiger partial charge in [-0.2, -0.15) is 0 Å². The molecule has 0 aromatic rings. The topological polar surface area (TPSA) is 38.3 Å². The second-order valence-corrected chi connectivity index (χ2v) is 3.15. The van der Waals surface area contributed by atoms with Crippen LogP contribution in [0.1, 0.15) is 32.6 Å². The highest BCUT2D eigenvalue weighted by atomic mass is 16.5. The number of nitrogens with one attached hydrogen (secondary N) is 1. The Morgan fingerprint density at radius 2 is 2.42 bits per heavy atom. The van der Waals surface area contributed by atoms with E-state index < -0.39 is 0 Å². The molecule has 3 heteroatoms. The zero-order chi connectivity index (χ0) is 8.81. The quantitative estimate of drug-likeness (QED) is 0.690. The minimum Gasteiger partial charge on any atom is -0.368 e. The summed E-state index contributed by atoms with van der Waals surface area (Å²) in [5.74, 6) is 0.0663. The van der Waals surface area contributed by atoms with Gasteiger partial charge in [-0.25, -0.2) is 0 Å². The lowest BCUT2D eigenvalue weighted by Crippen LogP contribution is -2.38. The van der Waals surface area contributed by atoms with E-state index in [2.05, 4.69) is 5.32 Å². The molecule has 1 heterocycles. The van der Waals surface area contributed by atoms with Crippen molar-refractivity contribution in [1.29, 1.82) is 0 Å². The Bertz CT molecular complexity index is 141. The molecule has 1 saturated heterocycles. The Balaban J connectivity index is 2.20. The maximum absolute atomic E-state index is 11.3. The normalized spacial score (nSPS) is 23.6. The maximum atomic E-state index is 11.3. The van der Waals surface area contributed by atoms with E-state index in [9.17, 15) is 4.79 Å². The molecule has 1 aliphatic heterocycles. The molecular weight excluding hydrogens is 154 g/mol. The summed E-state index contributed by atoms with van der Waals surface area (Å²) in [4.78, 5) is 11.3. The van der Waals surface area contributed by atoms with Crippen LogP contribution in [-0.2, 0) is 9.53 Å². The van der Waals surface area contributed by atoms with Gasteiger partial charge in [0, 0.05) is 13.2 Å². The summed E-state index contributed by atoms with van der Waals surface area (Å²) in [6, 6.07) is 0. The summed E-state index contributed by atoms with van der Waals surface area (Å²) >= 11 is 0. The Morgan fingerprint density at radius 1 is 1.58 bits per heavy atom. The fourth-order valence-electron chi connectivity index (χ4n) is 1.31. The van der Waals surface area contributed by atoms with E-state index in [1.54, 1.807) is 0 Å². The van der Waals surface area contributed by atoms with Gasteiger partial charge in [0.15, 0.2) is 0 Å². The van der Waals surface area contributed by atoms with Crippen LogP contribution in [0.15, 0.2) is 0 Å². The van der Waals surface area contributed by atoms with Crippen LogP contribution in [0.25, 0.3) is 0 Å².